The third-order valence-electron chi connectivity index (χ3n) is 6.74. The molecule has 0 spiro atoms. The Morgan fingerprint density at radius 3 is 1.64 bits per heavy atom. The molecule has 0 N–H and O–H groups in total. The quantitative estimate of drug-likeness (QED) is 0.245. The fourth-order valence-corrected chi connectivity index (χ4v) is 5.84. The highest BCUT2D eigenvalue weighted by Gasteiger charge is 2.09. The number of thiophene rings is 1. The summed E-state index contributed by atoms with van der Waals surface area (Å²) in [4.78, 5) is 1.29. The molecule has 0 atom stereocenters. The molecule has 0 radical (unpaired) electrons. The van der Waals surface area contributed by atoms with E-state index in [9.17, 15) is 0 Å². The van der Waals surface area contributed by atoms with E-state index in [0.717, 1.165) is 22.6 Å². The first kappa shape index (κ1) is 20.9. The summed E-state index contributed by atoms with van der Waals surface area (Å²) in [6, 6.07) is 47.3. The van der Waals surface area contributed by atoms with Crippen LogP contribution in [0, 0.1) is 0 Å². The summed E-state index contributed by atoms with van der Waals surface area (Å²) in [6.07, 6.45) is 0. The monoisotopic (exact) mass is 478 g/mol. The smallest absolute Gasteiger partial charge is 0.134 e. The summed E-state index contributed by atoms with van der Waals surface area (Å²) in [5, 5.41) is 3.81. The largest absolute Gasteiger partial charge is 0.456 e. The van der Waals surface area contributed by atoms with Gasteiger partial charge in [0.1, 0.15) is 11.5 Å². The normalized spacial score (nSPS) is 11.3. The zero-order valence-electron chi connectivity index (χ0n) is 19.5. The van der Waals surface area contributed by atoms with Crippen molar-refractivity contribution in [3.8, 4) is 44.2 Å². The van der Waals surface area contributed by atoms with Crippen LogP contribution in [-0.4, -0.2) is 0 Å². The van der Waals surface area contributed by atoms with Gasteiger partial charge in [-0.05, 0) is 63.2 Å². The molecule has 0 aliphatic carbocycles. The average Bonchev–Trinajstić information content (AvgIpc) is 3.61. The van der Waals surface area contributed by atoms with Gasteiger partial charge in [0, 0.05) is 20.7 Å². The summed E-state index contributed by atoms with van der Waals surface area (Å²) in [6.45, 7) is 0. The number of fused-ring (bicyclic) bond motifs is 2. The molecule has 0 saturated carbocycles. The third-order valence-corrected chi connectivity index (χ3v) is 7.90. The van der Waals surface area contributed by atoms with Crippen LogP contribution in [0.25, 0.3) is 65.1 Å². The summed E-state index contributed by atoms with van der Waals surface area (Å²) in [7, 11) is 0. The summed E-state index contributed by atoms with van der Waals surface area (Å²) in [5.74, 6) is 1.76. The van der Waals surface area contributed by atoms with Crippen molar-refractivity contribution in [2.24, 2.45) is 0 Å². The molecule has 1 nitrogen and oxygen atoms in total. The van der Waals surface area contributed by atoms with Crippen molar-refractivity contribution < 1.29 is 4.42 Å². The molecule has 0 aliphatic rings. The van der Waals surface area contributed by atoms with E-state index in [-0.39, 0.29) is 0 Å². The van der Waals surface area contributed by atoms with Crippen LogP contribution < -0.4 is 0 Å². The van der Waals surface area contributed by atoms with E-state index in [1.54, 1.807) is 0 Å². The van der Waals surface area contributed by atoms with Crippen molar-refractivity contribution >= 4 is 32.2 Å². The van der Waals surface area contributed by atoms with Gasteiger partial charge >= 0.3 is 0 Å². The highest BCUT2D eigenvalue weighted by Crippen LogP contribution is 2.35. The Kier molecular flexibility index (Phi) is 5.04. The van der Waals surface area contributed by atoms with E-state index >= 15 is 0 Å². The molecule has 0 fully saturated rings. The van der Waals surface area contributed by atoms with Gasteiger partial charge in [0.05, 0.1) is 0 Å². The number of hydrogen-bond acceptors (Lipinski definition) is 2. The third kappa shape index (κ3) is 3.82. The van der Waals surface area contributed by atoms with Crippen molar-refractivity contribution in [1.29, 1.82) is 0 Å². The molecule has 2 heteroatoms. The first-order chi connectivity index (χ1) is 17.8. The Morgan fingerprint density at radius 2 is 0.944 bits per heavy atom. The lowest BCUT2D eigenvalue weighted by Crippen LogP contribution is -1.80. The van der Waals surface area contributed by atoms with Crippen LogP contribution in [0.2, 0.25) is 0 Å². The number of rotatable bonds is 4. The highest BCUT2D eigenvalue weighted by atomic mass is 32.1. The number of benzene rings is 5. The molecular weight excluding hydrogens is 456 g/mol. The molecular formula is C34H22OS. The van der Waals surface area contributed by atoms with Crippen LogP contribution >= 0.6 is 11.3 Å². The fraction of sp³-hybridized carbons (Fsp3) is 0. The van der Waals surface area contributed by atoms with Crippen LogP contribution in [0.15, 0.2) is 138 Å². The first-order valence-electron chi connectivity index (χ1n) is 12.1. The van der Waals surface area contributed by atoms with Gasteiger partial charge in [0.25, 0.3) is 0 Å². The molecule has 0 bridgehead atoms. The van der Waals surface area contributed by atoms with E-state index in [0.29, 0.717) is 0 Å². The highest BCUT2D eigenvalue weighted by molar-refractivity contribution is 7.22. The van der Waals surface area contributed by atoms with E-state index < -0.39 is 0 Å². The standard InChI is InChI=1S/C34H22OS/c1-2-6-28-21-29(18-11-23(28)5-1)24-9-12-25(13-10-24)31-19-20-32(35-31)26-14-16-27(17-15-26)34-22-30-7-3-4-8-33(30)36-34/h1-22H. The molecule has 2 heterocycles. The van der Waals surface area contributed by atoms with E-state index in [1.165, 1.54) is 42.4 Å². The first-order valence-corrected chi connectivity index (χ1v) is 12.9. The van der Waals surface area contributed by atoms with Crippen molar-refractivity contribution in [3.05, 3.63) is 133 Å². The zero-order valence-corrected chi connectivity index (χ0v) is 20.3. The minimum atomic E-state index is 0.878. The van der Waals surface area contributed by atoms with Crippen molar-refractivity contribution in [2.45, 2.75) is 0 Å². The van der Waals surface area contributed by atoms with Crippen LogP contribution in [-0.2, 0) is 0 Å². The van der Waals surface area contributed by atoms with Gasteiger partial charge < -0.3 is 4.42 Å². The van der Waals surface area contributed by atoms with Crippen molar-refractivity contribution in [1.82, 2.24) is 0 Å². The van der Waals surface area contributed by atoms with Gasteiger partial charge in [0.2, 0.25) is 0 Å². The van der Waals surface area contributed by atoms with Crippen LogP contribution in [0.3, 0.4) is 0 Å². The molecule has 2 aromatic heterocycles. The maximum atomic E-state index is 6.26. The van der Waals surface area contributed by atoms with Gasteiger partial charge in [0.15, 0.2) is 0 Å². The lowest BCUT2D eigenvalue weighted by molar-refractivity contribution is 0.597. The Balaban J connectivity index is 1.13. The second-order valence-corrected chi connectivity index (χ2v) is 10.1. The SMILES string of the molecule is c1ccc2cc(-c3ccc(-c4ccc(-c5ccc(-c6cc7ccccc7s6)cc5)o4)cc3)ccc2c1. The van der Waals surface area contributed by atoms with Crippen molar-refractivity contribution in [2.75, 3.05) is 0 Å². The van der Waals surface area contributed by atoms with E-state index in [2.05, 4.69) is 133 Å². The van der Waals surface area contributed by atoms with Gasteiger partial charge in [-0.2, -0.15) is 0 Å². The summed E-state index contributed by atoms with van der Waals surface area (Å²) in [5.41, 5.74) is 5.81. The summed E-state index contributed by atoms with van der Waals surface area (Å²) >= 11 is 1.83. The fourth-order valence-electron chi connectivity index (χ4n) is 4.77. The Labute approximate surface area is 213 Å². The second kappa shape index (κ2) is 8.67. The maximum absolute atomic E-state index is 6.26. The lowest BCUT2D eigenvalue weighted by atomic mass is 10.00. The lowest BCUT2D eigenvalue weighted by Gasteiger charge is -2.05. The van der Waals surface area contributed by atoms with Gasteiger partial charge in [-0.1, -0.05) is 103 Å². The molecule has 7 rings (SSSR count). The van der Waals surface area contributed by atoms with Crippen molar-refractivity contribution in [3.63, 3.8) is 0 Å². The zero-order chi connectivity index (χ0) is 23.9. The Bertz CT molecular complexity index is 1790. The molecule has 0 saturated heterocycles. The number of furan rings is 1. The molecule has 0 aliphatic heterocycles. The van der Waals surface area contributed by atoms with Gasteiger partial charge in [-0.15, -0.1) is 11.3 Å². The maximum Gasteiger partial charge on any atom is 0.134 e. The van der Waals surface area contributed by atoms with E-state index in [4.69, 9.17) is 4.42 Å². The molecule has 5 aromatic carbocycles. The average molecular weight is 479 g/mol. The number of hydrogen-bond donors (Lipinski definition) is 0. The van der Waals surface area contributed by atoms with Crippen LogP contribution in [0.1, 0.15) is 0 Å². The van der Waals surface area contributed by atoms with Crippen LogP contribution in [0.5, 0.6) is 0 Å². The van der Waals surface area contributed by atoms with Crippen LogP contribution in [0.4, 0.5) is 0 Å². The molecule has 0 amide bonds. The molecule has 0 unspecified atom stereocenters. The predicted molar refractivity (Wildman–Crippen MR) is 153 cm³/mol. The second-order valence-electron chi connectivity index (χ2n) is 9.03. The van der Waals surface area contributed by atoms with Gasteiger partial charge in [-0.25, -0.2) is 0 Å². The molecule has 170 valence electrons. The van der Waals surface area contributed by atoms with Gasteiger partial charge in [-0.3, -0.25) is 0 Å². The minimum Gasteiger partial charge on any atom is -0.456 e. The molecule has 36 heavy (non-hydrogen) atoms. The summed E-state index contributed by atoms with van der Waals surface area (Å²) < 4.78 is 7.57. The van der Waals surface area contributed by atoms with E-state index in [1.807, 2.05) is 11.3 Å². The minimum absolute atomic E-state index is 0.878. The predicted octanol–water partition coefficient (Wildman–Crippen LogP) is 10.3. The topological polar surface area (TPSA) is 13.1 Å². The molecule has 7 aromatic rings. The Hall–Kier alpha value is -4.40. The Morgan fingerprint density at radius 1 is 0.389 bits per heavy atom.